The third kappa shape index (κ3) is 4.95. The summed E-state index contributed by atoms with van der Waals surface area (Å²) in [4.78, 5) is 5.43. The van der Waals surface area contributed by atoms with E-state index < -0.39 is 0 Å². The van der Waals surface area contributed by atoms with Crippen LogP contribution in [0.3, 0.4) is 0 Å². The van der Waals surface area contributed by atoms with E-state index in [0.29, 0.717) is 0 Å². The maximum atomic E-state index is 5.43. The normalized spacial score (nSPS) is 13.5. The average Bonchev–Trinajstić information content (AvgIpc) is 3.85. The largest absolute Gasteiger partial charge is 0.309 e. The van der Waals surface area contributed by atoms with Gasteiger partial charge in [-0.3, -0.25) is 0 Å². The van der Waals surface area contributed by atoms with Crippen LogP contribution < -0.4 is 0 Å². The number of allylic oxidation sites excluding steroid dienone is 4. The molecule has 0 amide bonds. The summed E-state index contributed by atoms with van der Waals surface area (Å²) in [5.74, 6) is 0. The van der Waals surface area contributed by atoms with E-state index in [1.54, 1.807) is 0 Å². The van der Waals surface area contributed by atoms with E-state index in [2.05, 4.69) is 188 Å². The third-order valence-electron chi connectivity index (χ3n) is 12.0. The Morgan fingerprint density at radius 2 is 0.982 bits per heavy atom. The molecular weight excluding hydrogens is 691 g/mol. The molecule has 0 aliphatic heterocycles. The second kappa shape index (κ2) is 13.1. The highest BCUT2D eigenvalue weighted by atomic mass is 15.0. The van der Waals surface area contributed by atoms with Gasteiger partial charge in [0.05, 0.1) is 33.3 Å². The highest BCUT2D eigenvalue weighted by molar-refractivity contribution is 6.14. The molecule has 1 aliphatic rings. The molecule has 7 aromatic carbocycles. The summed E-state index contributed by atoms with van der Waals surface area (Å²) in [6.07, 6.45) is 4.01. The lowest BCUT2D eigenvalue weighted by atomic mass is 9.81. The molecule has 1 aliphatic carbocycles. The molecule has 3 nitrogen and oxygen atoms in total. The number of para-hydroxylation sites is 4. The van der Waals surface area contributed by atoms with Crippen LogP contribution in [0.1, 0.15) is 38.8 Å². The van der Waals surface area contributed by atoms with Crippen LogP contribution in [-0.2, 0) is 5.41 Å². The third-order valence-corrected chi connectivity index (χ3v) is 12.0. The van der Waals surface area contributed by atoms with Crippen molar-refractivity contribution in [2.24, 2.45) is 0 Å². The van der Waals surface area contributed by atoms with E-state index in [1.165, 1.54) is 65.8 Å². The molecule has 0 bridgehead atoms. The summed E-state index contributed by atoms with van der Waals surface area (Å²) >= 11 is 0. The minimum absolute atomic E-state index is 0.222. The summed E-state index contributed by atoms with van der Waals surface area (Å²) in [6, 6.07) is 55.3. The first-order valence-corrected chi connectivity index (χ1v) is 20.0. The molecule has 10 aromatic rings. The lowest BCUT2D eigenvalue weighted by Gasteiger charge is -2.23. The van der Waals surface area contributed by atoms with Gasteiger partial charge in [-0.2, -0.15) is 0 Å². The zero-order valence-corrected chi connectivity index (χ0v) is 32.8. The summed E-state index contributed by atoms with van der Waals surface area (Å²) in [5.41, 5.74) is 14.5. The van der Waals surface area contributed by atoms with Crippen LogP contribution in [0, 0.1) is 0 Å². The maximum absolute atomic E-state index is 5.43. The van der Waals surface area contributed by atoms with Crippen molar-refractivity contribution in [3.63, 3.8) is 0 Å². The molecule has 0 atom stereocenters. The Hall–Kier alpha value is -6.97. The monoisotopic (exact) mass is 733 g/mol. The second-order valence-corrected chi connectivity index (χ2v) is 15.3. The Morgan fingerprint density at radius 1 is 0.491 bits per heavy atom. The smallest absolute Gasteiger partial charge is 0.0789 e. The molecule has 0 fully saturated rings. The number of fused-ring (bicyclic) bond motifs is 10. The van der Waals surface area contributed by atoms with E-state index in [-0.39, 0.29) is 5.41 Å². The van der Waals surface area contributed by atoms with Crippen molar-refractivity contribution >= 4 is 70.9 Å². The summed E-state index contributed by atoms with van der Waals surface area (Å²) < 4.78 is 4.89. The van der Waals surface area contributed by atoms with Gasteiger partial charge in [-0.15, -0.1) is 0 Å². The Labute approximate surface area is 333 Å². The number of hydrogen-bond acceptors (Lipinski definition) is 1. The Kier molecular flexibility index (Phi) is 7.91. The number of aromatic nitrogens is 3. The zero-order valence-electron chi connectivity index (χ0n) is 32.8. The molecule has 11 rings (SSSR count). The number of benzene rings is 7. The molecule has 0 spiro atoms. The van der Waals surface area contributed by atoms with Gasteiger partial charge in [-0.25, -0.2) is 4.98 Å². The van der Waals surface area contributed by atoms with Crippen LogP contribution in [0.15, 0.2) is 183 Å². The summed E-state index contributed by atoms with van der Waals surface area (Å²) in [7, 11) is 0. The van der Waals surface area contributed by atoms with Gasteiger partial charge in [0.15, 0.2) is 0 Å². The predicted molar refractivity (Wildman–Crippen MR) is 245 cm³/mol. The van der Waals surface area contributed by atoms with Gasteiger partial charge >= 0.3 is 0 Å². The molecule has 0 saturated heterocycles. The molecule has 3 heterocycles. The van der Waals surface area contributed by atoms with Gasteiger partial charge in [-0.05, 0) is 82.3 Å². The van der Waals surface area contributed by atoms with Crippen LogP contribution in [0.2, 0.25) is 0 Å². The van der Waals surface area contributed by atoms with Crippen molar-refractivity contribution in [3.8, 4) is 22.6 Å². The number of rotatable bonds is 5. The lowest BCUT2D eigenvalue weighted by Crippen LogP contribution is -2.16. The van der Waals surface area contributed by atoms with Crippen LogP contribution in [-0.4, -0.2) is 14.1 Å². The fraction of sp³-hybridized carbons (Fsp3) is 0.0926. The molecule has 0 saturated carbocycles. The van der Waals surface area contributed by atoms with Crippen LogP contribution in [0.5, 0.6) is 0 Å². The van der Waals surface area contributed by atoms with Gasteiger partial charge < -0.3 is 9.13 Å². The van der Waals surface area contributed by atoms with Crippen molar-refractivity contribution in [1.29, 1.82) is 0 Å². The van der Waals surface area contributed by atoms with Gasteiger partial charge in [-0.1, -0.05) is 150 Å². The van der Waals surface area contributed by atoms with Crippen LogP contribution in [0.4, 0.5) is 0 Å². The van der Waals surface area contributed by atoms with Crippen LogP contribution >= 0.6 is 0 Å². The highest BCUT2D eigenvalue weighted by Crippen LogP contribution is 2.50. The van der Waals surface area contributed by atoms with Crippen molar-refractivity contribution in [3.05, 3.63) is 194 Å². The van der Waals surface area contributed by atoms with E-state index in [1.807, 2.05) is 26.0 Å². The van der Waals surface area contributed by atoms with Crippen molar-refractivity contribution in [2.75, 3.05) is 0 Å². The van der Waals surface area contributed by atoms with Crippen molar-refractivity contribution < 1.29 is 0 Å². The summed E-state index contributed by atoms with van der Waals surface area (Å²) in [5, 5.41) is 8.39. The minimum Gasteiger partial charge on any atom is -0.309 e. The van der Waals surface area contributed by atoms with Gasteiger partial charge in [0.2, 0.25) is 0 Å². The molecule has 0 radical (unpaired) electrons. The fourth-order valence-corrected chi connectivity index (χ4v) is 9.56. The van der Waals surface area contributed by atoms with E-state index in [9.17, 15) is 0 Å². The number of pyridine rings is 1. The molecule has 274 valence electrons. The topological polar surface area (TPSA) is 22.8 Å². The van der Waals surface area contributed by atoms with E-state index in [4.69, 9.17) is 4.98 Å². The Morgan fingerprint density at radius 3 is 1.56 bits per heavy atom. The van der Waals surface area contributed by atoms with Crippen LogP contribution in [0.25, 0.3) is 93.5 Å². The first-order valence-electron chi connectivity index (χ1n) is 20.0. The Bertz CT molecular complexity index is 3270. The first kappa shape index (κ1) is 34.5. The molecule has 3 heteroatoms. The van der Waals surface area contributed by atoms with E-state index in [0.717, 1.165) is 44.4 Å². The van der Waals surface area contributed by atoms with Gasteiger partial charge in [0, 0.05) is 54.7 Å². The molecule has 0 unspecified atom stereocenters. The minimum atomic E-state index is -0.222. The van der Waals surface area contributed by atoms with Crippen molar-refractivity contribution in [1.82, 2.24) is 14.1 Å². The Balaban J connectivity index is 0.00000195. The molecular formula is C54H43N3. The quantitative estimate of drug-likeness (QED) is 0.162. The van der Waals surface area contributed by atoms with E-state index >= 15 is 0 Å². The molecule has 3 aromatic heterocycles. The second-order valence-electron chi connectivity index (χ2n) is 15.3. The SMILES string of the molecule is C=CC1=C(C=C)C(C)(C)c2cc3c(cc21)c1ccccc1n3-c1cc(-c2nc3ccccc3c3ccccc23)cc(-n2c3ccccc3c3ccccc32)c1.CC. The predicted octanol–water partition coefficient (Wildman–Crippen LogP) is 14.7. The number of nitrogens with zero attached hydrogens (tertiary/aromatic N) is 3. The molecule has 57 heavy (non-hydrogen) atoms. The van der Waals surface area contributed by atoms with Crippen molar-refractivity contribution in [2.45, 2.75) is 33.1 Å². The molecule has 0 N–H and O–H groups in total. The highest BCUT2D eigenvalue weighted by Gasteiger charge is 2.36. The zero-order chi connectivity index (χ0) is 39.0. The average molecular weight is 734 g/mol. The summed E-state index contributed by atoms with van der Waals surface area (Å²) in [6.45, 7) is 17.1. The van der Waals surface area contributed by atoms with Gasteiger partial charge in [0.1, 0.15) is 0 Å². The standard InChI is InChI=1S/C52H37N3.C2H6/c1-5-35-42-30-43-40-21-12-16-26-49(40)55(50(43)31-45(42)52(3,4)44(35)6-2)34-28-32(51-41-22-8-7-17-36(41)37-18-9-13-23-46(37)53-51)27-33(29-34)54-47-24-14-10-19-38(47)39-20-11-15-25-48(39)54;1-2/h5-31H,1-2H2,3-4H3;1-2H3. The van der Waals surface area contributed by atoms with Gasteiger partial charge in [0.25, 0.3) is 0 Å². The fourth-order valence-electron chi connectivity index (χ4n) is 9.56. The lowest BCUT2D eigenvalue weighted by molar-refractivity contribution is 0.655. The first-order chi connectivity index (χ1) is 28.0. The number of hydrogen-bond donors (Lipinski definition) is 0. The maximum Gasteiger partial charge on any atom is 0.0789 e.